The second kappa shape index (κ2) is 9.53. The van der Waals surface area contributed by atoms with E-state index in [1.807, 2.05) is 0 Å². The van der Waals surface area contributed by atoms with E-state index in [9.17, 15) is 54.4 Å². The largest absolute Gasteiger partial charge is 0.417 e. The first-order valence-corrected chi connectivity index (χ1v) is 8.99. The Labute approximate surface area is 198 Å². The van der Waals surface area contributed by atoms with Gasteiger partial charge in [0.25, 0.3) is 0 Å². The maximum Gasteiger partial charge on any atom is 0.417 e. The first kappa shape index (κ1) is 28.2. The summed E-state index contributed by atoms with van der Waals surface area (Å²) in [6.07, 6.45) is -16.9. The second-order valence-electron chi connectivity index (χ2n) is 6.78. The number of benzene rings is 2. The van der Waals surface area contributed by atoms with Crippen molar-refractivity contribution in [1.82, 2.24) is 0 Å². The molecule has 0 atom stereocenters. The third-order valence-corrected chi connectivity index (χ3v) is 4.69. The summed E-state index contributed by atoms with van der Waals surface area (Å²) in [6, 6.07) is 4.16. The Hall–Kier alpha value is -5.07. The third-order valence-electron chi connectivity index (χ3n) is 4.69. The lowest BCUT2D eigenvalue weighted by Gasteiger charge is -2.17. The zero-order valence-corrected chi connectivity index (χ0v) is 17.2. The average Bonchev–Trinajstić information content (AvgIpc) is 2.79. The van der Waals surface area contributed by atoms with E-state index in [2.05, 4.69) is 0 Å². The van der Waals surface area contributed by atoms with E-state index in [-0.39, 0.29) is 18.2 Å². The van der Waals surface area contributed by atoms with Gasteiger partial charge in [-0.25, -0.2) is 4.39 Å². The van der Waals surface area contributed by atoms with Crippen LogP contribution >= 0.6 is 0 Å². The molecular formula is C22H3F10N5. The lowest BCUT2D eigenvalue weighted by Crippen LogP contribution is -2.31. The summed E-state index contributed by atoms with van der Waals surface area (Å²) < 4.78 is 138. The van der Waals surface area contributed by atoms with Gasteiger partial charge in [-0.15, -0.1) is 0 Å². The van der Waals surface area contributed by atoms with Gasteiger partial charge < -0.3 is 0 Å². The number of hydrogen-bond acceptors (Lipinski definition) is 5. The Kier molecular flexibility index (Phi) is 7.25. The summed E-state index contributed by atoms with van der Waals surface area (Å²) in [5.74, 6) is -1.96. The lowest BCUT2D eigenvalue weighted by molar-refractivity contribution is -0.143. The van der Waals surface area contributed by atoms with Crippen molar-refractivity contribution >= 4 is 11.1 Å². The van der Waals surface area contributed by atoms with Crippen LogP contribution in [-0.4, -0.2) is 0 Å². The molecule has 2 rings (SSSR count). The average molecular weight is 527 g/mol. The van der Waals surface area contributed by atoms with Crippen molar-refractivity contribution in [3.05, 3.63) is 67.8 Å². The molecule has 0 unspecified atom stereocenters. The van der Waals surface area contributed by atoms with E-state index in [1.165, 1.54) is 0 Å². The van der Waals surface area contributed by atoms with Crippen molar-refractivity contribution in [3.63, 3.8) is 0 Å². The van der Waals surface area contributed by atoms with E-state index < -0.39 is 79.3 Å². The van der Waals surface area contributed by atoms with Crippen molar-refractivity contribution in [2.75, 3.05) is 0 Å². The number of hydrogen-bond donors (Lipinski definition) is 0. The molecule has 2 aromatic carbocycles. The highest BCUT2D eigenvalue weighted by Gasteiger charge is 2.42. The summed E-state index contributed by atoms with van der Waals surface area (Å²) >= 11 is 0. The first-order chi connectivity index (χ1) is 17.0. The van der Waals surface area contributed by atoms with Gasteiger partial charge in [0.05, 0.1) is 33.4 Å². The molecule has 0 bridgehead atoms. The topological polar surface area (TPSA) is 119 Å². The summed E-state index contributed by atoms with van der Waals surface area (Å²) in [7, 11) is 0. The monoisotopic (exact) mass is 527 g/mol. The lowest BCUT2D eigenvalue weighted by atomic mass is 9.90. The minimum Gasteiger partial charge on any atom is -0.205 e. The van der Waals surface area contributed by atoms with E-state index in [1.54, 1.807) is 0 Å². The van der Waals surface area contributed by atoms with Gasteiger partial charge in [0.1, 0.15) is 35.9 Å². The van der Waals surface area contributed by atoms with E-state index >= 15 is 0 Å². The molecule has 0 fully saturated rings. The first-order valence-electron chi connectivity index (χ1n) is 8.99. The smallest absolute Gasteiger partial charge is 0.205 e. The highest BCUT2D eigenvalue weighted by Crippen LogP contribution is 2.41. The molecular weight excluding hydrogens is 524 g/mol. The molecule has 15 heteroatoms. The standard InChI is InChI=1S/C22H3F10N5/c23-19-11(10(4-33)5-34)3-17(22(30,31)32)18(14(19)8-37)12(6-35)9-1-15(20(24,25)26)13(7-36)16(2-9)21(27,28)29/h1-3H/b18-12-. The van der Waals surface area contributed by atoms with Gasteiger partial charge in [-0.05, 0) is 23.8 Å². The van der Waals surface area contributed by atoms with E-state index in [0.29, 0.717) is 6.07 Å². The highest BCUT2D eigenvalue weighted by atomic mass is 19.4. The van der Waals surface area contributed by atoms with E-state index in [4.69, 9.17) is 15.8 Å². The molecule has 0 saturated heterocycles. The van der Waals surface area contributed by atoms with Gasteiger partial charge in [-0.1, -0.05) is 0 Å². The Morgan fingerprint density at radius 2 is 1.03 bits per heavy atom. The molecule has 0 aliphatic carbocycles. The van der Waals surface area contributed by atoms with E-state index in [0.717, 1.165) is 24.3 Å². The van der Waals surface area contributed by atoms with Gasteiger partial charge in [-0.2, -0.15) is 65.8 Å². The van der Waals surface area contributed by atoms with Crippen molar-refractivity contribution < 1.29 is 43.9 Å². The molecule has 0 saturated carbocycles. The van der Waals surface area contributed by atoms with Gasteiger partial charge in [-0.3, -0.25) is 0 Å². The normalized spacial score (nSPS) is 12.4. The molecule has 0 amide bonds. The molecule has 0 aromatic heterocycles. The van der Waals surface area contributed by atoms with Crippen LogP contribution in [0.1, 0.15) is 33.4 Å². The predicted molar refractivity (Wildman–Crippen MR) is 99.3 cm³/mol. The quantitative estimate of drug-likeness (QED) is 0.505. The minimum atomic E-state index is -5.66. The molecule has 37 heavy (non-hydrogen) atoms. The van der Waals surface area contributed by atoms with Crippen LogP contribution < -0.4 is 10.4 Å². The maximum absolute atomic E-state index is 15.0. The van der Waals surface area contributed by atoms with Gasteiger partial charge in [0, 0.05) is 10.4 Å². The van der Waals surface area contributed by atoms with Crippen molar-refractivity contribution in [3.8, 4) is 30.3 Å². The highest BCUT2D eigenvalue weighted by molar-refractivity contribution is 5.81. The van der Waals surface area contributed by atoms with Crippen LogP contribution in [0, 0.1) is 62.5 Å². The van der Waals surface area contributed by atoms with Gasteiger partial charge in [0.2, 0.25) is 0 Å². The molecule has 0 aliphatic heterocycles. The van der Waals surface area contributed by atoms with Crippen LogP contribution in [0.2, 0.25) is 0 Å². The molecule has 2 aromatic rings. The molecule has 0 spiro atoms. The van der Waals surface area contributed by atoms with Crippen LogP contribution in [0.3, 0.4) is 0 Å². The third kappa shape index (κ3) is 5.15. The summed E-state index contributed by atoms with van der Waals surface area (Å²) in [6.45, 7) is 0. The van der Waals surface area contributed by atoms with Crippen LogP contribution in [0.4, 0.5) is 43.9 Å². The van der Waals surface area contributed by atoms with Crippen molar-refractivity contribution in [1.29, 1.82) is 26.3 Å². The Bertz CT molecular complexity index is 1590. The fourth-order valence-corrected chi connectivity index (χ4v) is 3.19. The van der Waals surface area contributed by atoms with Gasteiger partial charge >= 0.3 is 18.5 Å². The van der Waals surface area contributed by atoms with Crippen LogP contribution in [0.15, 0.2) is 18.2 Å². The van der Waals surface area contributed by atoms with Crippen LogP contribution in [0.5, 0.6) is 0 Å². The Morgan fingerprint density at radius 3 is 1.35 bits per heavy atom. The zero-order valence-electron chi connectivity index (χ0n) is 17.2. The fraction of sp³-hybridized carbons (Fsp3) is 0.136. The number of halogens is 10. The van der Waals surface area contributed by atoms with Crippen LogP contribution in [0.25, 0.3) is 11.1 Å². The molecule has 0 aliphatic rings. The molecule has 5 nitrogen and oxygen atoms in total. The number of nitrogens with zero attached hydrogens (tertiary/aromatic N) is 5. The zero-order chi connectivity index (χ0) is 28.5. The van der Waals surface area contributed by atoms with Crippen molar-refractivity contribution in [2.45, 2.75) is 18.5 Å². The van der Waals surface area contributed by atoms with Crippen molar-refractivity contribution in [2.24, 2.45) is 0 Å². The minimum absolute atomic E-state index is 0.177. The number of nitriles is 5. The fourth-order valence-electron chi connectivity index (χ4n) is 3.19. The predicted octanol–water partition coefficient (Wildman–Crippen LogP) is 4.55. The molecule has 0 radical (unpaired) electrons. The summed E-state index contributed by atoms with van der Waals surface area (Å²) in [5, 5.41) is 42.4. The maximum atomic E-state index is 15.0. The number of alkyl halides is 9. The summed E-state index contributed by atoms with van der Waals surface area (Å²) in [4.78, 5) is 0. The van der Waals surface area contributed by atoms with Gasteiger partial charge in [0.15, 0.2) is 5.82 Å². The Balaban J connectivity index is 3.45. The number of rotatable bonds is 1. The molecule has 186 valence electrons. The second-order valence-corrected chi connectivity index (χ2v) is 6.78. The SMILES string of the molecule is N#CC(C#N)=c1cc(C(F)(F)F)/c(=C(/C#N)c2cc(C(F)(F)F)c(C#N)c(C(F)(F)F)c2)c(C#N)c1F. The summed E-state index contributed by atoms with van der Waals surface area (Å²) in [5.41, 5.74) is -14.6. The van der Waals surface area contributed by atoms with Crippen LogP contribution in [-0.2, 0) is 18.5 Å². The molecule has 0 N–H and O–H groups in total. The molecule has 0 heterocycles. The Morgan fingerprint density at radius 1 is 0.595 bits per heavy atom.